The van der Waals surface area contributed by atoms with Crippen LogP contribution in [-0.2, 0) is 0 Å². The van der Waals surface area contributed by atoms with Gasteiger partial charge in [0, 0.05) is 12.2 Å². The minimum absolute atomic E-state index is 0.0114. The summed E-state index contributed by atoms with van der Waals surface area (Å²) in [5.74, 6) is -0.230. The van der Waals surface area contributed by atoms with Crippen molar-refractivity contribution < 1.29 is 4.79 Å². The number of hydrogen-bond donors (Lipinski definition) is 1. The lowest BCUT2D eigenvalue weighted by atomic mass is 10.2. The SMILES string of the molecule is N#Cc1ccc(C(=O)NC2CCCC2Cl)nc1. The van der Waals surface area contributed by atoms with Crippen LogP contribution in [0.5, 0.6) is 0 Å². The van der Waals surface area contributed by atoms with Gasteiger partial charge in [0.15, 0.2) is 0 Å². The molecule has 0 saturated heterocycles. The van der Waals surface area contributed by atoms with Crippen LogP contribution in [0.25, 0.3) is 0 Å². The molecule has 0 spiro atoms. The number of nitriles is 1. The van der Waals surface area contributed by atoms with Crippen LogP contribution in [0.15, 0.2) is 18.3 Å². The number of carbonyl (C=O) groups excluding carboxylic acids is 1. The third kappa shape index (κ3) is 2.75. The van der Waals surface area contributed by atoms with E-state index in [0.29, 0.717) is 11.3 Å². The molecule has 0 bridgehead atoms. The minimum atomic E-state index is -0.230. The summed E-state index contributed by atoms with van der Waals surface area (Å²) >= 11 is 6.08. The molecule has 88 valence electrons. The Morgan fingerprint density at radius 2 is 2.35 bits per heavy atom. The molecule has 2 unspecified atom stereocenters. The summed E-state index contributed by atoms with van der Waals surface area (Å²) in [6.07, 6.45) is 4.28. The number of nitrogens with one attached hydrogen (secondary N) is 1. The first-order valence-corrected chi connectivity index (χ1v) is 5.95. The summed E-state index contributed by atoms with van der Waals surface area (Å²) in [6.45, 7) is 0. The maximum atomic E-state index is 11.8. The fraction of sp³-hybridized carbons (Fsp3) is 0.417. The van der Waals surface area contributed by atoms with Crippen LogP contribution >= 0.6 is 11.6 Å². The van der Waals surface area contributed by atoms with Crippen LogP contribution in [0.3, 0.4) is 0 Å². The smallest absolute Gasteiger partial charge is 0.270 e. The maximum Gasteiger partial charge on any atom is 0.270 e. The summed E-state index contributed by atoms with van der Waals surface area (Å²) in [5.41, 5.74) is 0.761. The molecule has 1 aliphatic rings. The Morgan fingerprint density at radius 3 is 2.88 bits per heavy atom. The van der Waals surface area contributed by atoms with Crippen molar-refractivity contribution in [3.05, 3.63) is 29.6 Å². The Bertz CT molecular complexity index is 452. The summed E-state index contributed by atoms with van der Waals surface area (Å²) in [5, 5.41) is 11.5. The van der Waals surface area contributed by atoms with E-state index in [-0.39, 0.29) is 17.3 Å². The van der Waals surface area contributed by atoms with E-state index in [9.17, 15) is 4.79 Å². The summed E-state index contributed by atoms with van der Waals surface area (Å²) < 4.78 is 0. The highest BCUT2D eigenvalue weighted by Gasteiger charge is 2.27. The summed E-state index contributed by atoms with van der Waals surface area (Å²) in [4.78, 5) is 15.8. The van der Waals surface area contributed by atoms with Crippen LogP contribution in [0, 0.1) is 11.3 Å². The van der Waals surface area contributed by atoms with Gasteiger partial charge in [-0.15, -0.1) is 11.6 Å². The van der Waals surface area contributed by atoms with E-state index in [1.165, 1.54) is 6.20 Å². The molecule has 17 heavy (non-hydrogen) atoms. The monoisotopic (exact) mass is 249 g/mol. The first kappa shape index (κ1) is 11.9. The molecule has 2 atom stereocenters. The average molecular weight is 250 g/mol. The van der Waals surface area contributed by atoms with Crippen molar-refractivity contribution >= 4 is 17.5 Å². The van der Waals surface area contributed by atoms with Gasteiger partial charge in [-0.1, -0.05) is 0 Å². The molecular formula is C12H12ClN3O. The molecule has 1 aromatic heterocycles. The van der Waals surface area contributed by atoms with E-state index >= 15 is 0 Å². The normalized spacial score (nSPS) is 23.1. The Morgan fingerprint density at radius 1 is 1.53 bits per heavy atom. The van der Waals surface area contributed by atoms with Gasteiger partial charge in [0.1, 0.15) is 11.8 Å². The van der Waals surface area contributed by atoms with Gasteiger partial charge in [0.2, 0.25) is 0 Å². The highest BCUT2D eigenvalue weighted by Crippen LogP contribution is 2.24. The maximum absolute atomic E-state index is 11.8. The molecule has 0 aliphatic heterocycles. The fourth-order valence-corrected chi connectivity index (χ4v) is 2.26. The zero-order chi connectivity index (χ0) is 12.3. The first-order chi connectivity index (χ1) is 8.20. The second-order valence-corrected chi connectivity index (χ2v) is 4.63. The lowest BCUT2D eigenvalue weighted by Gasteiger charge is -2.15. The van der Waals surface area contributed by atoms with Gasteiger partial charge < -0.3 is 5.32 Å². The molecule has 1 aromatic rings. The molecule has 1 aliphatic carbocycles. The van der Waals surface area contributed by atoms with Gasteiger partial charge in [0.25, 0.3) is 5.91 Å². The first-order valence-electron chi connectivity index (χ1n) is 5.52. The average Bonchev–Trinajstić information content (AvgIpc) is 2.75. The van der Waals surface area contributed by atoms with Gasteiger partial charge in [-0.25, -0.2) is 4.98 Å². The van der Waals surface area contributed by atoms with Gasteiger partial charge >= 0.3 is 0 Å². The number of aromatic nitrogens is 1. The molecule has 0 radical (unpaired) electrons. The van der Waals surface area contributed by atoms with Crippen LogP contribution in [-0.4, -0.2) is 22.3 Å². The quantitative estimate of drug-likeness (QED) is 0.814. The van der Waals surface area contributed by atoms with E-state index in [1.54, 1.807) is 12.1 Å². The summed E-state index contributed by atoms with van der Waals surface area (Å²) in [6, 6.07) is 5.11. The van der Waals surface area contributed by atoms with Crippen molar-refractivity contribution in [1.82, 2.24) is 10.3 Å². The van der Waals surface area contributed by atoms with Crippen molar-refractivity contribution in [2.75, 3.05) is 0 Å². The number of nitrogens with zero attached hydrogens (tertiary/aromatic N) is 2. The highest BCUT2D eigenvalue weighted by atomic mass is 35.5. The van der Waals surface area contributed by atoms with Crippen LogP contribution in [0.4, 0.5) is 0 Å². The Labute approximate surface area is 105 Å². The highest BCUT2D eigenvalue weighted by molar-refractivity contribution is 6.21. The topological polar surface area (TPSA) is 65.8 Å². The predicted molar refractivity (Wildman–Crippen MR) is 63.7 cm³/mol. The van der Waals surface area contributed by atoms with E-state index in [4.69, 9.17) is 16.9 Å². The number of rotatable bonds is 2. The fourth-order valence-electron chi connectivity index (χ4n) is 1.91. The van der Waals surface area contributed by atoms with Crippen LogP contribution < -0.4 is 5.32 Å². The van der Waals surface area contributed by atoms with Gasteiger partial charge in [-0.3, -0.25) is 4.79 Å². The van der Waals surface area contributed by atoms with Gasteiger partial charge in [0.05, 0.1) is 10.9 Å². The molecule has 1 amide bonds. The van der Waals surface area contributed by atoms with Crippen molar-refractivity contribution in [3.63, 3.8) is 0 Å². The standard InChI is InChI=1S/C12H12ClN3O/c13-9-2-1-3-10(9)16-12(17)11-5-4-8(6-14)7-15-11/h4-5,7,9-10H,1-3H2,(H,16,17). The molecule has 0 aromatic carbocycles. The Balaban J connectivity index is 2.02. The molecule has 4 nitrogen and oxygen atoms in total. The van der Waals surface area contributed by atoms with Crippen molar-refractivity contribution in [3.8, 4) is 6.07 Å². The third-order valence-corrected chi connectivity index (χ3v) is 3.40. The predicted octanol–water partition coefficient (Wildman–Crippen LogP) is 1.84. The second-order valence-electron chi connectivity index (χ2n) is 4.07. The molecule has 1 saturated carbocycles. The number of carbonyl (C=O) groups is 1. The van der Waals surface area contributed by atoms with E-state index in [2.05, 4.69) is 10.3 Å². The second kappa shape index (κ2) is 5.15. The summed E-state index contributed by atoms with van der Waals surface area (Å²) in [7, 11) is 0. The third-order valence-electron chi connectivity index (χ3n) is 2.87. The zero-order valence-corrected chi connectivity index (χ0v) is 9.94. The van der Waals surface area contributed by atoms with Crippen LogP contribution in [0.1, 0.15) is 35.3 Å². The van der Waals surface area contributed by atoms with Crippen molar-refractivity contribution in [2.24, 2.45) is 0 Å². The number of amides is 1. The molecule has 1 fully saturated rings. The van der Waals surface area contributed by atoms with E-state index in [1.807, 2.05) is 6.07 Å². The van der Waals surface area contributed by atoms with Gasteiger partial charge in [-0.2, -0.15) is 5.26 Å². The van der Waals surface area contributed by atoms with E-state index < -0.39 is 0 Å². The number of hydrogen-bond acceptors (Lipinski definition) is 3. The minimum Gasteiger partial charge on any atom is -0.346 e. The molecular weight excluding hydrogens is 238 g/mol. The van der Waals surface area contributed by atoms with Crippen molar-refractivity contribution in [1.29, 1.82) is 5.26 Å². The van der Waals surface area contributed by atoms with E-state index in [0.717, 1.165) is 19.3 Å². The molecule has 5 heteroatoms. The zero-order valence-electron chi connectivity index (χ0n) is 9.19. The van der Waals surface area contributed by atoms with Crippen LogP contribution in [0.2, 0.25) is 0 Å². The van der Waals surface area contributed by atoms with Gasteiger partial charge in [-0.05, 0) is 31.4 Å². The molecule has 1 heterocycles. The molecule has 2 rings (SSSR count). The number of halogens is 1. The Kier molecular flexibility index (Phi) is 3.60. The largest absolute Gasteiger partial charge is 0.346 e. The lowest BCUT2D eigenvalue weighted by molar-refractivity contribution is 0.0933. The molecule has 1 N–H and O–H groups in total. The van der Waals surface area contributed by atoms with Crippen molar-refractivity contribution in [2.45, 2.75) is 30.7 Å². The number of pyridine rings is 1. The Hall–Kier alpha value is -1.60. The number of alkyl halides is 1. The lowest BCUT2D eigenvalue weighted by Crippen LogP contribution is -2.38.